The predicted octanol–water partition coefficient (Wildman–Crippen LogP) is 6.29. The number of hydrogen-bond acceptors (Lipinski definition) is 4. The molecule has 0 radical (unpaired) electrons. The van der Waals surface area contributed by atoms with Crippen LogP contribution >= 0.6 is 0 Å². The van der Waals surface area contributed by atoms with Gasteiger partial charge in [0.25, 0.3) is 5.91 Å². The summed E-state index contributed by atoms with van der Waals surface area (Å²) in [5, 5.41) is 3.00. The second-order valence-electron chi connectivity index (χ2n) is 9.55. The first-order valence-corrected chi connectivity index (χ1v) is 12.3. The second-order valence-corrected chi connectivity index (χ2v) is 9.55. The summed E-state index contributed by atoms with van der Waals surface area (Å²) < 4.78 is 4.96. The van der Waals surface area contributed by atoms with Crippen molar-refractivity contribution in [2.75, 3.05) is 25.5 Å². The number of aryl methyl sites for hydroxylation is 1. The molecule has 5 nitrogen and oxygen atoms in total. The van der Waals surface area contributed by atoms with Crippen molar-refractivity contribution < 1.29 is 14.3 Å². The van der Waals surface area contributed by atoms with Crippen molar-refractivity contribution in [3.05, 3.63) is 89.0 Å². The summed E-state index contributed by atoms with van der Waals surface area (Å²) >= 11 is 0. The number of piperidine rings is 1. The molecule has 1 N–H and O–H groups in total. The number of esters is 1. The van der Waals surface area contributed by atoms with Crippen LogP contribution in [0.25, 0.3) is 11.1 Å². The Labute approximate surface area is 208 Å². The molecule has 4 rings (SSSR count). The molecule has 1 aliphatic rings. The van der Waals surface area contributed by atoms with Crippen molar-refractivity contribution in [3.63, 3.8) is 0 Å². The summed E-state index contributed by atoms with van der Waals surface area (Å²) in [7, 11) is 1.34. The molecule has 1 amide bonds. The molecular weight excluding hydrogens is 436 g/mol. The molecule has 0 bridgehead atoms. The molecule has 1 saturated heterocycles. The van der Waals surface area contributed by atoms with E-state index in [4.69, 9.17) is 4.74 Å². The van der Waals surface area contributed by atoms with E-state index in [-0.39, 0.29) is 5.91 Å². The maximum Gasteiger partial charge on any atom is 0.339 e. The molecule has 5 heteroatoms. The number of likely N-dealkylation sites (tertiary alicyclic amines) is 1. The van der Waals surface area contributed by atoms with E-state index < -0.39 is 5.97 Å². The maximum absolute atomic E-state index is 13.5. The Kier molecular flexibility index (Phi) is 7.67. The molecular formula is C30H34N2O3. The van der Waals surface area contributed by atoms with E-state index in [2.05, 4.69) is 30.1 Å². The van der Waals surface area contributed by atoms with E-state index in [9.17, 15) is 9.59 Å². The zero-order valence-electron chi connectivity index (χ0n) is 21.0. The first kappa shape index (κ1) is 24.7. The summed E-state index contributed by atoms with van der Waals surface area (Å²) in [6.45, 7) is 8.58. The highest BCUT2D eigenvalue weighted by atomic mass is 16.5. The van der Waals surface area contributed by atoms with Gasteiger partial charge in [-0.15, -0.1) is 0 Å². The third kappa shape index (κ3) is 5.63. The number of nitrogens with one attached hydrogen (secondary N) is 1. The monoisotopic (exact) mass is 470 g/mol. The van der Waals surface area contributed by atoms with Crippen molar-refractivity contribution in [2.24, 2.45) is 0 Å². The Morgan fingerprint density at radius 3 is 2.29 bits per heavy atom. The molecule has 35 heavy (non-hydrogen) atoms. The minimum atomic E-state index is -0.484. The first-order valence-electron chi connectivity index (χ1n) is 12.3. The third-order valence-corrected chi connectivity index (χ3v) is 7.02. The summed E-state index contributed by atoms with van der Waals surface area (Å²) in [6, 6.07) is 22.0. The van der Waals surface area contributed by atoms with Gasteiger partial charge in [0.05, 0.1) is 18.4 Å². The molecule has 0 aliphatic carbocycles. The van der Waals surface area contributed by atoms with Gasteiger partial charge in [0, 0.05) is 11.6 Å². The molecule has 0 spiro atoms. The summed E-state index contributed by atoms with van der Waals surface area (Å²) in [5.41, 5.74) is 5.43. The van der Waals surface area contributed by atoms with Crippen molar-refractivity contribution in [3.8, 4) is 11.1 Å². The lowest BCUT2D eigenvalue weighted by atomic mass is 9.87. The molecule has 182 valence electrons. The van der Waals surface area contributed by atoms with Crippen LogP contribution in [0.1, 0.15) is 64.4 Å². The van der Waals surface area contributed by atoms with Gasteiger partial charge in [-0.3, -0.25) is 4.79 Å². The highest BCUT2D eigenvalue weighted by molar-refractivity contribution is 6.09. The van der Waals surface area contributed by atoms with Crippen LogP contribution in [0.15, 0.2) is 66.7 Å². The normalized spacial score (nSPS) is 14.7. The lowest BCUT2D eigenvalue weighted by Crippen LogP contribution is -2.37. The van der Waals surface area contributed by atoms with E-state index in [0.717, 1.165) is 42.6 Å². The van der Waals surface area contributed by atoms with Gasteiger partial charge in [-0.2, -0.15) is 0 Å². The predicted molar refractivity (Wildman–Crippen MR) is 141 cm³/mol. The molecule has 1 fully saturated rings. The van der Waals surface area contributed by atoms with Crippen LogP contribution in [0, 0.1) is 6.92 Å². The lowest BCUT2D eigenvalue weighted by Gasteiger charge is -2.35. The van der Waals surface area contributed by atoms with Gasteiger partial charge >= 0.3 is 5.97 Å². The van der Waals surface area contributed by atoms with E-state index in [1.54, 1.807) is 6.07 Å². The number of carbonyl (C=O) groups excluding carboxylic acids is 2. The average molecular weight is 471 g/mol. The number of amides is 1. The Morgan fingerprint density at radius 1 is 0.914 bits per heavy atom. The standard InChI is InChI=1S/C30H34N2O3/c1-20(2)32-16-14-23(15-17-32)24-11-10-21(3)27(18-24)29(33)31-28-19-25(22-8-6-5-7-9-22)12-13-26(28)30(34)35-4/h5-13,18-20,23H,14-17H2,1-4H3,(H,31,33). The van der Waals surface area contributed by atoms with Gasteiger partial charge in [-0.05, 0) is 93.1 Å². The third-order valence-electron chi connectivity index (χ3n) is 7.02. The molecule has 0 saturated carbocycles. The highest BCUT2D eigenvalue weighted by Gasteiger charge is 2.24. The van der Waals surface area contributed by atoms with Crippen LogP contribution in [-0.4, -0.2) is 43.0 Å². The number of ether oxygens (including phenoxy) is 1. The summed E-state index contributed by atoms with van der Waals surface area (Å²) in [5.74, 6) is -0.259. The van der Waals surface area contributed by atoms with Gasteiger partial charge in [0.1, 0.15) is 0 Å². The van der Waals surface area contributed by atoms with Gasteiger partial charge in [-0.1, -0.05) is 48.5 Å². The quantitative estimate of drug-likeness (QED) is 0.430. The number of carbonyl (C=O) groups is 2. The zero-order chi connectivity index (χ0) is 24.9. The number of hydrogen-bond donors (Lipinski definition) is 1. The minimum Gasteiger partial charge on any atom is -0.465 e. The van der Waals surface area contributed by atoms with Gasteiger partial charge in [0.15, 0.2) is 0 Å². The topological polar surface area (TPSA) is 58.6 Å². The lowest BCUT2D eigenvalue weighted by molar-refractivity contribution is 0.0602. The average Bonchev–Trinajstić information content (AvgIpc) is 2.89. The zero-order valence-corrected chi connectivity index (χ0v) is 21.0. The Morgan fingerprint density at radius 2 is 1.63 bits per heavy atom. The Hall–Kier alpha value is -3.44. The number of rotatable bonds is 6. The molecule has 0 atom stereocenters. The molecule has 0 aromatic heterocycles. The fraction of sp³-hybridized carbons (Fsp3) is 0.333. The summed E-state index contributed by atoms with van der Waals surface area (Å²) in [6.07, 6.45) is 2.18. The van der Waals surface area contributed by atoms with Crippen LogP contribution in [0.2, 0.25) is 0 Å². The fourth-order valence-electron chi connectivity index (χ4n) is 4.82. The SMILES string of the molecule is COC(=O)c1ccc(-c2ccccc2)cc1NC(=O)c1cc(C2CCN(C(C)C)CC2)ccc1C. The smallest absolute Gasteiger partial charge is 0.339 e. The molecule has 1 heterocycles. The fourth-order valence-corrected chi connectivity index (χ4v) is 4.82. The van der Waals surface area contributed by atoms with Crippen LogP contribution in [0.4, 0.5) is 5.69 Å². The van der Waals surface area contributed by atoms with Crippen molar-refractivity contribution >= 4 is 17.6 Å². The van der Waals surface area contributed by atoms with Crippen LogP contribution < -0.4 is 5.32 Å². The first-order chi connectivity index (χ1) is 16.9. The van der Waals surface area contributed by atoms with Gasteiger partial charge in [-0.25, -0.2) is 4.79 Å². The van der Waals surface area contributed by atoms with Crippen molar-refractivity contribution in [2.45, 2.75) is 45.6 Å². The van der Waals surface area contributed by atoms with Gasteiger partial charge in [0.2, 0.25) is 0 Å². The number of anilines is 1. The molecule has 0 unspecified atom stereocenters. The van der Waals surface area contributed by atoms with E-state index in [0.29, 0.717) is 28.8 Å². The van der Waals surface area contributed by atoms with Gasteiger partial charge < -0.3 is 15.0 Å². The van der Waals surface area contributed by atoms with Crippen LogP contribution in [0.3, 0.4) is 0 Å². The molecule has 3 aromatic carbocycles. The summed E-state index contributed by atoms with van der Waals surface area (Å²) in [4.78, 5) is 28.4. The van der Waals surface area contributed by atoms with E-state index in [1.165, 1.54) is 12.7 Å². The Balaban J connectivity index is 1.60. The molecule has 3 aromatic rings. The largest absolute Gasteiger partial charge is 0.465 e. The van der Waals surface area contributed by atoms with Crippen LogP contribution in [0.5, 0.6) is 0 Å². The molecule has 1 aliphatic heterocycles. The number of nitrogens with zero attached hydrogens (tertiary/aromatic N) is 1. The van der Waals surface area contributed by atoms with Crippen LogP contribution in [-0.2, 0) is 4.74 Å². The number of methoxy groups -OCH3 is 1. The minimum absolute atomic E-state index is 0.223. The number of benzene rings is 3. The highest BCUT2D eigenvalue weighted by Crippen LogP contribution is 2.31. The maximum atomic E-state index is 13.5. The Bertz CT molecular complexity index is 1200. The van der Waals surface area contributed by atoms with Crippen molar-refractivity contribution in [1.29, 1.82) is 0 Å². The van der Waals surface area contributed by atoms with Crippen molar-refractivity contribution in [1.82, 2.24) is 4.90 Å². The van der Waals surface area contributed by atoms with E-state index >= 15 is 0 Å². The second kappa shape index (κ2) is 10.9. The van der Waals surface area contributed by atoms with E-state index in [1.807, 2.05) is 61.5 Å².